The summed E-state index contributed by atoms with van der Waals surface area (Å²) < 4.78 is 0. The number of ketones is 1. The molecule has 3 N–H and O–H groups in total. The molecular formula is C27H21EuN3O2. The largest absolute Gasteiger partial charge is 0.507 e. The van der Waals surface area contributed by atoms with Gasteiger partial charge in [-0.25, -0.2) is 0 Å². The first-order valence-corrected chi connectivity index (χ1v) is 10.1. The summed E-state index contributed by atoms with van der Waals surface area (Å²) in [7, 11) is 0. The second-order valence-electron chi connectivity index (χ2n) is 7.07. The van der Waals surface area contributed by atoms with E-state index in [-0.39, 0.29) is 60.9 Å². The van der Waals surface area contributed by atoms with Crippen molar-refractivity contribution in [3.05, 3.63) is 121 Å². The van der Waals surface area contributed by atoms with Crippen molar-refractivity contribution in [2.45, 2.75) is 0 Å². The topological polar surface area (TPSA) is 89.1 Å². The van der Waals surface area contributed by atoms with Crippen molar-refractivity contribution in [2.75, 3.05) is 5.73 Å². The normalized spacial score (nSPS) is 10.7. The minimum atomic E-state index is -0.202. The van der Waals surface area contributed by atoms with E-state index in [1.54, 1.807) is 48.8 Å². The van der Waals surface area contributed by atoms with Gasteiger partial charge in [0.25, 0.3) is 0 Å². The molecule has 0 unspecified atom stereocenters. The van der Waals surface area contributed by atoms with Crippen molar-refractivity contribution in [1.29, 1.82) is 0 Å². The summed E-state index contributed by atoms with van der Waals surface area (Å²) in [5.41, 5.74) is 9.68. The molecule has 0 atom stereocenters. The van der Waals surface area contributed by atoms with Crippen LogP contribution in [0, 0.1) is 49.4 Å². The number of allylic oxidation sites excluding steroid dienone is 1. The van der Waals surface area contributed by atoms with Crippen molar-refractivity contribution in [3.8, 4) is 0 Å². The molecule has 6 heteroatoms. The monoisotopic (exact) mass is 572 g/mol. The summed E-state index contributed by atoms with van der Waals surface area (Å²) in [6, 6.07) is 27.5. The molecule has 0 aliphatic heterocycles. The Bertz CT molecular complexity index is 1400. The van der Waals surface area contributed by atoms with Gasteiger partial charge in [0.05, 0.1) is 11.0 Å². The Morgan fingerprint density at radius 3 is 2.00 bits per heavy atom. The first kappa shape index (κ1) is 24.7. The number of aromatic nitrogens is 2. The van der Waals surface area contributed by atoms with Crippen molar-refractivity contribution in [2.24, 2.45) is 0 Å². The van der Waals surface area contributed by atoms with Crippen molar-refractivity contribution in [1.82, 2.24) is 9.97 Å². The van der Waals surface area contributed by atoms with Crippen LogP contribution in [0.2, 0.25) is 0 Å². The number of benzene rings is 3. The number of hydrogen-bond donors (Lipinski definition) is 2. The number of carbonyl (C=O) groups excluding carboxylic acids is 1. The van der Waals surface area contributed by atoms with E-state index < -0.39 is 0 Å². The molecule has 0 fully saturated rings. The van der Waals surface area contributed by atoms with Gasteiger partial charge in [-0.05, 0) is 24.3 Å². The molecule has 1 radical (unpaired) electrons. The van der Waals surface area contributed by atoms with E-state index in [1.165, 1.54) is 6.08 Å². The number of anilines is 1. The van der Waals surface area contributed by atoms with Crippen LogP contribution in [0.4, 0.5) is 5.69 Å². The van der Waals surface area contributed by atoms with Crippen LogP contribution in [0.25, 0.3) is 27.6 Å². The fourth-order valence-corrected chi connectivity index (χ4v) is 3.31. The molecule has 0 spiro atoms. The van der Waals surface area contributed by atoms with E-state index in [2.05, 4.69) is 9.97 Å². The van der Waals surface area contributed by atoms with Gasteiger partial charge in [-0.15, -0.1) is 0 Å². The van der Waals surface area contributed by atoms with Crippen LogP contribution in [0.15, 0.2) is 109 Å². The smallest absolute Gasteiger partial charge is 0.189 e. The molecule has 5 aromatic rings. The average molecular weight is 571 g/mol. The molecule has 0 amide bonds. The van der Waals surface area contributed by atoms with Gasteiger partial charge in [0.2, 0.25) is 0 Å². The zero-order chi connectivity index (χ0) is 22.3. The summed E-state index contributed by atoms with van der Waals surface area (Å²) in [6.07, 6.45) is 4.77. The van der Waals surface area contributed by atoms with Crippen molar-refractivity contribution < 1.29 is 59.3 Å². The van der Waals surface area contributed by atoms with Crippen LogP contribution < -0.4 is 5.73 Å². The molecule has 0 aliphatic carbocycles. The maximum Gasteiger partial charge on any atom is 0.189 e. The second-order valence-corrected chi connectivity index (χ2v) is 7.07. The third-order valence-corrected chi connectivity index (χ3v) is 4.89. The summed E-state index contributed by atoms with van der Waals surface area (Å²) in [4.78, 5) is 20.5. The molecule has 2 aromatic heterocycles. The van der Waals surface area contributed by atoms with Crippen LogP contribution in [0.1, 0.15) is 15.9 Å². The van der Waals surface area contributed by atoms with E-state index in [9.17, 15) is 9.90 Å². The Kier molecular flexibility index (Phi) is 8.83. The summed E-state index contributed by atoms with van der Waals surface area (Å²) in [5, 5.41) is 11.8. The predicted octanol–water partition coefficient (Wildman–Crippen LogP) is 5.83. The molecule has 0 saturated carbocycles. The van der Waals surface area contributed by atoms with Gasteiger partial charge in [0.1, 0.15) is 5.76 Å². The number of nitrogens with zero attached hydrogens (tertiary/aromatic N) is 2. The van der Waals surface area contributed by atoms with Crippen LogP contribution in [-0.4, -0.2) is 20.9 Å². The Hall–Kier alpha value is -2.93. The zero-order valence-corrected chi connectivity index (χ0v) is 20.0. The summed E-state index contributed by atoms with van der Waals surface area (Å²) in [5.74, 6) is -0.216. The Morgan fingerprint density at radius 1 is 0.758 bits per heavy atom. The molecule has 0 bridgehead atoms. The molecule has 0 saturated heterocycles. The number of rotatable bonds is 3. The summed E-state index contributed by atoms with van der Waals surface area (Å²) >= 11 is 0. The third-order valence-electron chi connectivity index (χ3n) is 4.89. The van der Waals surface area contributed by atoms with E-state index in [1.807, 2.05) is 54.6 Å². The maximum atomic E-state index is 11.8. The van der Waals surface area contributed by atoms with Crippen LogP contribution in [0.3, 0.4) is 0 Å². The van der Waals surface area contributed by atoms with Gasteiger partial charge < -0.3 is 10.8 Å². The van der Waals surface area contributed by atoms with Gasteiger partial charge in [-0.2, -0.15) is 0 Å². The van der Waals surface area contributed by atoms with Gasteiger partial charge in [-0.3, -0.25) is 14.8 Å². The van der Waals surface area contributed by atoms with E-state index in [4.69, 9.17) is 5.73 Å². The second kappa shape index (κ2) is 11.8. The third kappa shape index (κ3) is 6.11. The molecule has 2 heterocycles. The number of hydrogen-bond acceptors (Lipinski definition) is 5. The molecule has 3 aromatic carbocycles. The van der Waals surface area contributed by atoms with E-state index in [0.717, 1.165) is 27.5 Å². The molecule has 5 nitrogen and oxygen atoms in total. The SMILES string of the molecule is Nc1cc2cccnc2c2ncccc12.O=C(/C=C(\O)c1ccccc1)c1ccccc1.[Eu]. The van der Waals surface area contributed by atoms with E-state index >= 15 is 0 Å². The fraction of sp³-hybridized carbons (Fsp3) is 0. The first-order chi connectivity index (χ1) is 15.6. The quantitative estimate of drug-likeness (QED) is 0.0935. The van der Waals surface area contributed by atoms with Gasteiger partial charge >= 0.3 is 0 Å². The van der Waals surface area contributed by atoms with Crippen molar-refractivity contribution >= 4 is 39.0 Å². The minimum Gasteiger partial charge on any atom is -0.507 e. The molecule has 163 valence electrons. The Balaban J connectivity index is 0.000000181. The summed E-state index contributed by atoms with van der Waals surface area (Å²) in [6.45, 7) is 0. The molecule has 5 rings (SSSR count). The standard InChI is InChI=1S/C15H12O2.C12H9N3.Eu/c16-14(12-7-3-1-4-8-12)11-15(17)13-9-5-2-6-10-13;13-10-7-8-3-1-5-14-11(8)12-9(10)4-2-6-15-12;/h1-11,16H;1-7H,13H2;/b14-11-;;. The van der Waals surface area contributed by atoms with Gasteiger partial charge in [-0.1, -0.05) is 66.7 Å². The molecule has 33 heavy (non-hydrogen) atoms. The number of aliphatic hydroxyl groups is 1. The number of fused-ring (bicyclic) bond motifs is 3. The number of carbonyl (C=O) groups is 1. The Labute approximate surface area is 232 Å². The van der Waals surface area contributed by atoms with Crippen LogP contribution in [0.5, 0.6) is 0 Å². The Morgan fingerprint density at radius 2 is 1.33 bits per heavy atom. The minimum absolute atomic E-state index is 0. The number of nitrogen functional groups attached to an aromatic ring is 1. The van der Waals surface area contributed by atoms with Crippen molar-refractivity contribution in [3.63, 3.8) is 0 Å². The van der Waals surface area contributed by atoms with Crippen LogP contribution in [-0.2, 0) is 0 Å². The molecular weight excluding hydrogens is 550 g/mol. The van der Waals surface area contributed by atoms with Gasteiger partial charge in [0, 0.05) is 95.4 Å². The first-order valence-electron chi connectivity index (χ1n) is 10.1. The molecule has 0 aliphatic rings. The average Bonchev–Trinajstić information content (AvgIpc) is 2.86. The fourth-order valence-electron chi connectivity index (χ4n) is 3.31. The number of aliphatic hydroxyl groups excluding tert-OH is 1. The van der Waals surface area contributed by atoms with Gasteiger partial charge in [0.15, 0.2) is 5.78 Å². The van der Waals surface area contributed by atoms with Crippen LogP contribution >= 0.6 is 0 Å². The zero-order valence-electron chi connectivity index (χ0n) is 17.6. The van der Waals surface area contributed by atoms with E-state index in [0.29, 0.717) is 11.1 Å². The maximum absolute atomic E-state index is 11.8. The number of nitrogens with two attached hydrogens (primary N) is 1. The predicted molar refractivity (Wildman–Crippen MR) is 129 cm³/mol. The number of pyridine rings is 2.